The summed E-state index contributed by atoms with van der Waals surface area (Å²) in [6, 6.07) is 30.8. The SMILES string of the molecule is Cn1nc(-c2ccc(OCc3ccccc3)nc2OCc2ccccc2)c2ccc(N3CCC(CN4CCN(C(=O)OC(C)(C)C)CC4)CC3)cc21. The van der Waals surface area contributed by atoms with Gasteiger partial charge in [0.25, 0.3) is 0 Å². The molecule has 1 amide bonds. The molecule has 0 bridgehead atoms. The summed E-state index contributed by atoms with van der Waals surface area (Å²) >= 11 is 0. The molecule has 0 spiro atoms. The number of rotatable bonds is 10. The van der Waals surface area contributed by atoms with Crippen molar-refractivity contribution in [1.29, 1.82) is 0 Å². The molecular formula is C42H50N6O4. The summed E-state index contributed by atoms with van der Waals surface area (Å²) in [5.41, 5.74) is 5.62. The minimum absolute atomic E-state index is 0.200. The fourth-order valence-electron chi connectivity index (χ4n) is 7.07. The van der Waals surface area contributed by atoms with Gasteiger partial charge in [-0.25, -0.2) is 4.79 Å². The Morgan fingerprint density at radius 3 is 2.10 bits per heavy atom. The number of piperidine rings is 1. The zero-order valence-electron chi connectivity index (χ0n) is 30.8. The van der Waals surface area contributed by atoms with E-state index in [1.165, 1.54) is 5.69 Å². The molecule has 0 saturated carbocycles. The molecule has 7 rings (SSSR count). The van der Waals surface area contributed by atoms with Crippen LogP contribution in [0.4, 0.5) is 10.5 Å². The predicted octanol–water partition coefficient (Wildman–Crippen LogP) is 7.56. The van der Waals surface area contributed by atoms with Crippen LogP contribution in [0, 0.1) is 5.92 Å². The first-order valence-electron chi connectivity index (χ1n) is 18.5. The van der Waals surface area contributed by atoms with E-state index in [1.54, 1.807) is 0 Å². The minimum atomic E-state index is -0.463. The maximum absolute atomic E-state index is 12.5. The van der Waals surface area contributed by atoms with Crippen LogP contribution in [-0.2, 0) is 25.0 Å². The zero-order valence-corrected chi connectivity index (χ0v) is 30.8. The molecule has 272 valence electrons. The van der Waals surface area contributed by atoms with E-state index >= 15 is 0 Å². The third-order valence-corrected chi connectivity index (χ3v) is 9.89. The quantitative estimate of drug-likeness (QED) is 0.148. The number of nitrogens with zero attached hydrogens (tertiary/aromatic N) is 6. The van der Waals surface area contributed by atoms with Crippen LogP contribution < -0.4 is 14.4 Å². The number of fused-ring (bicyclic) bond motifs is 1. The molecule has 0 N–H and O–H groups in total. The van der Waals surface area contributed by atoms with Crippen molar-refractivity contribution in [1.82, 2.24) is 24.6 Å². The van der Waals surface area contributed by atoms with Crippen LogP contribution in [0.3, 0.4) is 0 Å². The van der Waals surface area contributed by atoms with Crippen molar-refractivity contribution in [3.05, 3.63) is 102 Å². The third kappa shape index (κ3) is 8.67. The number of anilines is 1. The minimum Gasteiger partial charge on any atom is -0.473 e. The highest BCUT2D eigenvalue weighted by Gasteiger charge is 2.28. The van der Waals surface area contributed by atoms with Gasteiger partial charge < -0.3 is 24.0 Å². The molecule has 10 nitrogen and oxygen atoms in total. The Morgan fingerprint density at radius 1 is 0.788 bits per heavy atom. The first kappa shape index (κ1) is 35.3. The summed E-state index contributed by atoms with van der Waals surface area (Å²) in [7, 11) is 2.00. The van der Waals surface area contributed by atoms with Gasteiger partial charge in [-0.15, -0.1) is 0 Å². The number of amides is 1. The summed E-state index contributed by atoms with van der Waals surface area (Å²) in [6.45, 7) is 12.9. The Kier molecular flexibility index (Phi) is 10.6. The van der Waals surface area contributed by atoms with Crippen LogP contribution in [0.5, 0.6) is 11.8 Å². The van der Waals surface area contributed by atoms with Gasteiger partial charge in [0, 0.05) is 70.0 Å². The molecule has 0 unspecified atom stereocenters. The summed E-state index contributed by atoms with van der Waals surface area (Å²) in [5.74, 6) is 1.65. The van der Waals surface area contributed by atoms with E-state index in [0.29, 0.717) is 30.9 Å². The number of hydrogen-bond acceptors (Lipinski definition) is 8. The molecule has 4 heterocycles. The molecular weight excluding hydrogens is 652 g/mol. The van der Waals surface area contributed by atoms with Gasteiger partial charge in [0.05, 0.1) is 11.1 Å². The summed E-state index contributed by atoms with van der Waals surface area (Å²) in [5, 5.41) is 6.05. The Morgan fingerprint density at radius 2 is 1.44 bits per heavy atom. The predicted molar refractivity (Wildman–Crippen MR) is 205 cm³/mol. The molecule has 10 heteroatoms. The van der Waals surface area contributed by atoms with Crippen molar-refractivity contribution in [3.8, 4) is 23.0 Å². The van der Waals surface area contributed by atoms with Gasteiger partial charge in [-0.1, -0.05) is 60.7 Å². The third-order valence-electron chi connectivity index (χ3n) is 9.89. The molecule has 2 fully saturated rings. The molecule has 2 aromatic heterocycles. The number of carbonyl (C=O) groups excluding carboxylic acids is 1. The van der Waals surface area contributed by atoms with Gasteiger partial charge in [0.1, 0.15) is 24.5 Å². The van der Waals surface area contributed by atoms with Crippen LogP contribution in [0.15, 0.2) is 91.0 Å². The van der Waals surface area contributed by atoms with Crippen LogP contribution in [0.2, 0.25) is 0 Å². The highest BCUT2D eigenvalue weighted by molar-refractivity contribution is 5.96. The number of pyridine rings is 1. The maximum atomic E-state index is 12.5. The van der Waals surface area contributed by atoms with Crippen molar-refractivity contribution < 1.29 is 19.0 Å². The second kappa shape index (κ2) is 15.7. The fraction of sp³-hybridized carbons (Fsp3) is 0.405. The lowest BCUT2D eigenvalue weighted by Crippen LogP contribution is -2.51. The monoisotopic (exact) mass is 702 g/mol. The van der Waals surface area contributed by atoms with Gasteiger partial charge in [-0.3, -0.25) is 9.58 Å². The maximum Gasteiger partial charge on any atom is 0.410 e. The molecule has 2 aliphatic rings. The van der Waals surface area contributed by atoms with Crippen molar-refractivity contribution in [2.45, 2.75) is 52.4 Å². The average molecular weight is 703 g/mol. The average Bonchev–Trinajstić information content (AvgIpc) is 3.49. The topological polar surface area (TPSA) is 85.2 Å². The van der Waals surface area contributed by atoms with E-state index in [4.69, 9.17) is 24.3 Å². The van der Waals surface area contributed by atoms with Crippen molar-refractivity contribution >= 4 is 22.7 Å². The number of benzene rings is 3. The molecule has 0 atom stereocenters. The number of hydrogen-bond donors (Lipinski definition) is 0. The van der Waals surface area contributed by atoms with Gasteiger partial charge >= 0.3 is 6.09 Å². The summed E-state index contributed by atoms with van der Waals surface area (Å²) in [6.07, 6.45) is 2.09. The molecule has 0 radical (unpaired) electrons. The van der Waals surface area contributed by atoms with Gasteiger partial charge in [0.15, 0.2) is 0 Å². The first-order chi connectivity index (χ1) is 25.2. The number of carbonyl (C=O) groups is 1. The van der Waals surface area contributed by atoms with E-state index < -0.39 is 5.60 Å². The molecule has 0 aliphatic carbocycles. The van der Waals surface area contributed by atoms with E-state index in [0.717, 1.165) is 91.9 Å². The Labute approximate surface area is 306 Å². The lowest BCUT2D eigenvalue weighted by atomic mass is 9.95. The van der Waals surface area contributed by atoms with Gasteiger partial charge in [-0.2, -0.15) is 10.1 Å². The van der Waals surface area contributed by atoms with Crippen molar-refractivity contribution in [2.75, 3.05) is 50.7 Å². The van der Waals surface area contributed by atoms with E-state index in [1.807, 2.05) is 110 Å². The smallest absolute Gasteiger partial charge is 0.410 e. The second-order valence-electron chi connectivity index (χ2n) is 14.9. The van der Waals surface area contributed by atoms with Crippen LogP contribution >= 0.6 is 0 Å². The largest absolute Gasteiger partial charge is 0.473 e. The zero-order chi connectivity index (χ0) is 36.1. The van der Waals surface area contributed by atoms with Gasteiger partial charge in [0.2, 0.25) is 11.8 Å². The second-order valence-corrected chi connectivity index (χ2v) is 14.9. The van der Waals surface area contributed by atoms with Crippen molar-refractivity contribution in [2.24, 2.45) is 13.0 Å². The van der Waals surface area contributed by atoms with E-state index in [-0.39, 0.29) is 6.09 Å². The molecule has 2 aliphatic heterocycles. The van der Waals surface area contributed by atoms with Gasteiger partial charge in [-0.05, 0) is 74.9 Å². The van der Waals surface area contributed by atoms with Crippen LogP contribution in [-0.4, -0.2) is 82.1 Å². The van der Waals surface area contributed by atoms with E-state index in [2.05, 4.69) is 28.0 Å². The normalized spacial score (nSPS) is 15.9. The first-order valence-corrected chi connectivity index (χ1v) is 18.5. The molecule has 3 aromatic carbocycles. The highest BCUT2D eigenvalue weighted by Crippen LogP contribution is 2.37. The lowest BCUT2D eigenvalue weighted by molar-refractivity contribution is 0.0130. The molecule has 5 aromatic rings. The number of piperazine rings is 1. The highest BCUT2D eigenvalue weighted by atomic mass is 16.6. The van der Waals surface area contributed by atoms with Crippen LogP contribution in [0.25, 0.3) is 22.2 Å². The Hall–Kier alpha value is -5.09. The fourth-order valence-corrected chi connectivity index (χ4v) is 7.07. The molecule has 2 saturated heterocycles. The van der Waals surface area contributed by atoms with E-state index in [9.17, 15) is 4.79 Å². The summed E-state index contributed by atoms with van der Waals surface area (Å²) < 4.78 is 20.0. The summed E-state index contributed by atoms with van der Waals surface area (Å²) in [4.78, 5) is 24.2. The standard InChI is InChI=1S/C42H50N6O4/c1-42(2,3)52-41(49)48-25-23-46(24-26-48)28-31-19-21-47(22-20-31)34-15-16-35-37(27-34)45(4)44-39(35)36-17-18-38(50-29-32-11-7-5-8-12-32)43-40(36)51-30-33-13-9-6-10-14-33/h5-18,27,31H,19-26,28-30H2,1-4H3. The van der Waals surface area contributed by atoms with Crippen LogP contribution in [0.1, 0.15) is 44.7 Å². The van der Waals surface area contributed by atoms with Crippen molar-refractivity contribution in [3.63, 3.8) is 0 Å². The lowest BCUT2D eigenvalue weighted by Gasteiger charge is -2.39. The molecule has 52 heavy (non-hydrogen) atoms. The number of aromatic nitrogens is 3. The number of ether oxygens (including phenoxy) is 3. The Bertz CT molecular complexity index is 1940. The number of aryl methyl sites for hydroxylation is 1. The Balaban J connectivity index is 1.01.